The molecule has 0 amide bonds. The average Bonchev–Trinajstić information content (AvgIpc) is 2.38. The van der Waals surface area contributed by atoms with E-state index in [0.29, 0.717) is 0 Å². The molecule has 0 atom stereocenters. The Morgan fingerprint density at radius 1 is 0.812 bits per heavy atom. The molecule has 0 unspecified atom stereocenters. The van der Waals surface area contributed by atoms with Crippen molar-refractivity contribution in [2.45, 2.75) is 64.2 Å². The van der Waals surface area contributed by atoms with E-state index in [9.17, 15) is 4.57 Å². The molecule has 2 heteroatoms. The number of allylic oxidation sites excluding steroid dienone is 1. The Bertz CT molecular complexity index is 227. The number of hydrogen-bond donors (Lipinski definition) is 0. The average molecular weight is 238 g/mol. The third-order valence-corrected chi connectivity index (χ3v) is 4.76. The zero-order chi connectivity index (χ0) is 11.2. The molecule has 0 aromatic heterocycles. The summed E-state index contributed by atoms with van der Waals surface area (Å²) in [4.78, 5) is 0. The summed E-state index contributed by atoms with van der Waals surface area (Å²) >= 11 is 0. The lowest BCUT2D eigenvalue weighted by atomic mass is 9.74. The van der Waals surface area contributed by atoms with Crippen molar-refractivity contribution in [3.8, 4) is 0 Å². The molecule has 2 aliphatic rings. The molecule has 0 heterocycles. The molecule has 2 aliphatic carbocycles. The lowest BCUT2D eigenvalue weighted by molar-refractivity contribution is 0.327. The molecule has 1 nitrogen and oxygen atoms in total. The van der Waals surface area contributed by atoms with Crippen molar-refractivity contribution in [1.82, 2.24) is 0 Å². The first-order valence-corrected chi connectivity index (χ1v) is 7.82. The van der Waals surface area contributed by atoms with Crippen molar-refractivity contribution in [3.63, 3.8) is 0 Å². The molecule has 90 valence electrons. The fraction of sp³-hybridized carbons (Fsp3) is 0.857. The summed E-state index contributed by atoms with van der Waals surface area (Å²) in [6, 6.07) is 0. The van der Waals surface area contributed by atoms with Crippen LogP contribution < -0.4 is 0 Å². The zero-order valence-corrected chi connectivity index (χ0v) is 11.1. The molecule has 0 aliphatic heterocycles. The molecule has 0 radical (unpaired) electrons. The third kappa shape index (κ3) is 3.17. The van der Waals surface area contributed by atoms with Gasteiger partial charge in [0, 0.05) is 5.82 Å². The molecule has 2 rings (SSSR count). The second kappa shape index (κ2) is 6.55. The van der Waals surface area contributed by atoms with Crippen LogP contribution >= 0.6 is 8.46 Å². The second-order valence-electron chi connectivity index (χ2n) is 5.40. The molecule has 0 spiro atoms. The van der Waals surface area contributed by atoms with Crippen LogP contribution in [-0.4, -0.2) is 0 Å². The van der Waals surface area contributed by atoms with Gasteiger partial charge in [-0.05, 0) is 37.5 Å². The molecular weight excluding hydrogens is 215 g/mol. The summed E-state index contributed by atoms with van der Waals surface area (Å²) in [5.74, 6) is 3.53. The fourth-order valence-corrected chi connectivity index (χ4v) is 4.02. The summed E-state index contributed by atoms with van der Waals surface area (Å²) < 4.78 is 10.9. The maximum absolute atomic E-state index is 10.9. The first kappa shape index (κ1) is 12.3. The summed E-state index contributed by atoms with van der Waals surface area (Å²) in [7, 11) is 0.230. The van der Waals surface area contributed by atoms with Crippen LogP contribution in [-0.2, 0) is 4.57 Å². The molecule has 0 aromatic carbocycles. The standard InChI is InChI=1S/C14H23OP/c15-16-11-14(12-7-3-1-4-8-12)13-9-5-2-6-10-13/h11-13H,1-10H2. The van der Waals surface area contributed by atoms with Crippen molar-refractivity contribution in [2.75, 3.05) is 0 Å². The van der Waals surface area contributed by atoms with Gasteiger partial charge >= 0.3 is 0 Å². The van der Waals surface area contributed by atoms with Crippen molar-refractivity contribution >= 4 is 8.46 Å². The van der Waals surface area contributed by atoms with E-state index in [4.69, 9.17) is 0 Å². The van der Waals surface area contributed by atoms with Gasteiger partial charge in [0.15, 0.2) is 8.46 Å². The Hall–Kier alpha value is -0.160. The Morgan fingerprint density at radius 3 is 1.62 bits per heavy atom. The molecule has 2 fully saturated rings. The molecule has 0 bridgehead atoms. The fourth-order valence-electron chi connectivity index (χ4n) is 3.48. The highest BCUT2D eigenvalue weighted by molar-refractivity contribution is 7.27. The van der Waals surface area contributed by atoms with E-state index in [1.165, 1.54) is 64.2 Å². The number of hydrogen-bond acceptors (Lipinski definition) is 1. The topological polar surface area (TPSA) is 17.1 Å². The van der Waals surface area contributed by atoms with Crippen molar-refractivity contribution in [3.05, 3.63) is 11.4 Å². The summed E-state index contributed by atoms with van der Waals surface area (Å²) in [6.07, 6.45) is 13.7. The predicted molar refractivity (Wildman–Crippen MR) is 68.8 cm³/mol. The van der Waals surface area contributed by atoms with E-state index < -0.39 is 0 Å². The Kier molecular flexibility index (Phi) is 5.03. The van der Waals surface area contributed by atoms with E-state index in [1.54, 1.807) is 5.57 Å². The minimum absolute atomic E-state index is 0.230. The van der Waals surface area contributed by atoms with E-state index in [-0.39, 0.29) is 8.46 Å². The largest absolute Gasteiger partial charge is 0.270 e. The van der Waals surface area contributed by atoms with Gasteiger partial charge in [-0.2, -0.15) is 0 Å². The first-order chi connectivity index (χ1) is 7.92. The SMILES string of the molecule is O=PC=C(C1CCCCC1)C1CCCCC1. The summed E-state index contributed by atoms with van der Waals surface area (Å²) in [5, 5.41) is 0. The van der Waals surface area contributed by atoms with Gasteiger partial charge in [0.25, 0.3) is 0 Å². The van der Waals surface area contributed by atoms with Crippen molar-refractivity contribution in [2.24, 2.45) is 11.8 Å². The van der Waals surface area contributed by atoms with Crippen LogP contribution in [0.25, 0.3) is 0 Å². The number of rotatable bonds is 3. The van der Waals surface area contributed by atoms with Crippen LogP contribution in [0.4, 0.5) is 0 Å². The first-order valence-electron chi connectivity index (χ1n) is 6.94. The van der Waals surface area contributed by atoms with Crippen LogP contribution in [0.5, 0.6) is 0 Å². The van der Waals surface area contributed by atoms with Gasteiger partial charge < -0.3 is 0 Å². The van der Waals surface area contributed by atoms with Crippen molar-refractivity contribution in [1.29, 1.82) is 0 Å². The van der Waals surface area contributed by atoms with Gasteiger partial charge in [0.05, 0.1) is 0 Å². The molecule has 16 heavy (non-hydrogen) atoms. The third-order valence-electron chi connectivity index (χ3n) is 4.35. The van der Waals surface area contributed by atoms with Gasteiger partial charge in [-0.15, -0.1) is 0 Å². The lowest BCUT2D eigenvalue weighted by Crippen LogP contribution is -2.18. The molecule has 0 N–H and O–H groups in total. The van der Waals surface area contributed by atoms with E-state index in [2.05, 4.69) is 0 Å². The summed E-state index contributed by atoms with van der Waals surface area (Å²) in [6.45, 7) is 0. The highest BCUT2D eigenvalue weighted by Gasteiger charge is 2.25. The van der Waals surface area contributed by atoms with Gasteiger partial charge in [-0.25, -0.2) is 0 Å². The second-order valence-corrected chi connectivity index (χ2v) is 5.87. The van der Waals surface area contributed by atoms with Crippen LogP contribution in [0, 0.1) is 11.8 Å². The van der Waals surface area contributed by atoms with Gasteiger partial charge in [-0.3, -0.25) is 4.57 Å². The quantitative estimate of drug-likeness (QED) is 0.608. The van der Waals surface area contributed by atoms with E-state index in [1.807, 2.05) is 5.82 Å². The van der Waals surface area contributed by atoms with Gasteiger partial charge in [-0.1, -0.05) is 44.1 Å². The molecular formula is C14H23OP. The normalized spacial score (nSPS) is 24.5. The molecule has 2 saturated carbocycles. The Labute approximate surface area is 101 Å². The van der Waals surface area contributed by atoms with Gasteiger partial charge in [0.2, 0.25) is 0 Å². The van der Waals surface area contributed by atoms with Crippen molar-refractivity contribution < 1.29 is 4.57 Å². The van der Waals surface area contributed by atoms with Crippen LogP contribution in [0.15, 0.2) is 11.4 Å². The highest BCUT2D eigenvalue weighted by Crippen LogP contribution is 2.40. The monoisotopic (exact) mass is 238 g/mol. The van der Waals surface area contributed by atoms with Crippen LogP contribution in [0.2, 0.25) is 0 Å². The Morgan fingerprint density at radius 2 is 1.25 bits per heavy atom. The molecule has 0 saturated heterocycles. The molecule has 0 aromatic rings. The Balaban J connectivity index is 2.02. The predicted octanol–water partition coefficient (Wildman–Crippen LogP) is 5.32. The van der Waals surface area contributed by atoms with Gasteiger partial charge in [0.1, 0.15) is 0 Å². The van der Waals surface area contributed by atoms with E-state index >= 15 is 0 Å². The van der Waals surface area contributed by atoms with E-state index in [0.717, 1.165) is 11.8 Å². The highest BCUT2D eigenvalue weighted by atomic mass is 31.1. The summed E-state index contributed by atoms with van der Waals surface area (Å²) in [5.41, 5.74) is 1.55. The minimum atomic E-state index is 0.230. The zero-order valence-electron chi connectivity index (χ0n) is 10.2. The lowest BCUT2D eigenvalue weighted by Gasteiger charge is -2.32. The maximum Gasteiger partial charge on any atom is 0.184 e. The van der Waals surface area contributed by atoms with Crippen LogP contribution in [0.1, 0.15) is 64.2 Å². The smallest absolute Gasteiger partial charge is 0.184 e. The maximum atomic E-state index is 10.9. The minimum Gasteiger partial charge on any atom is -0.270 e. The van der Waals surface area contributed by atoms with Crippen LogP contribution in [0.3, 0.4) is 0 Å².